The smallest absolute Gasteiger partial charge is 0.226 e. The average Bonchev–Trinajstić information content (AvgIpc) is 2.91. The molecule has 24 heavy (non-hydrogen) atoms. The number of nitrogens with zero attached hydrogens (tertiary/aromatic N) is 2. The molecule has 0 fully saturated rings. The van der Waals surface area contributed by atoms with Gasteiger partial charge in [-0.05, 0) is 22.5 Å². The summed E-state index contributed by atoms with van der Waals surface area (Å²) in [5.41, 5.74) is 2.77. The van der Waals surface area contributed by atoms with Crippen molar-refractivity contribution in [1.29, 1.82) is 0 Å². The van der Waals surface area contributed by atoms with Gasteiger partial charge in [-0.2, -0.15) is 0 Å². The molecule has 0 radical (unpaired) electrons. The molecule has 0 atom stereocenters. The van der Waals surface area contributed by atoms with Gasteiger partial charge in [-0.15, -0.1) is 10.2 Å². The van der Waals surface area contributed by atoms with E-state index in [4.69, 9.17) is 0 Å². The SMILES string of the molecule is CC(C)CC(=O)Nc1nnc(SCc2ccc(C(C)(C)C)cc2)s1. The normalized spacial score (nSPS) is 11.8. The highest BCUT2D eigenvalue weighted by Gasteiger charge is 2.13. The second-order valence-electron chi connectivity index (χ2n) is 7.25. The monoisotopic (exact) mass is 363 g/mol. The first-order valence-electron chi connectivity index (χ1n) is 8.09. The Morgan fingerprint density at radius 3 is 2.46 bits per heavy atom. The lowest BCUT2D eigenvalue weighted by Gasteiger charge is -2.19. The van der Waals surface area contributed by atoms with Crippen molar-refractivity contribution in [2.75, 3.05) is 5.32 Å². The predicted octanol–water partition coefficient (Wildman–Crippen LogP) is 5.11. The molecule has 0 aliphatic rings. The van der Waals surface area contributed by atoms with Crippen LogP contribution in [0.5, 0.6) is 0 Å². The predicted molar refractivity (Wildman–Crippen MR) is 103 cm³/mol. The largest absolute Gasteiger partial charge is 0.300 e. The van der Waals surface area contributed by atoms with Gasteiger partial charge in [0.25, 0.3) is 0 Å². The number of nitrogens with one attached hydrogen (secondary N) is 1. The summed E-state index contributed by atoms with van der Waals surface area (Å²) in [6.45, 7) is 10.7. The molecule has 0 saturated heterocycles. The van der Waals surface area contributed by atoms with E-state index in [1.807, 2.05) is 13.8 Å². The molecule has 0 unspecified atom stereocenters. The molecule has 0 spiro atoms. The lowest BCUT2D eigenvalue weighted by molar-refractivity contribution is -0.116. The Balaban J connectivity index is 1.88. The Bertz CT molecular complexity index is 672. The number of rotatable bonds is 6. The number of aromatic nitrogens is 2. The molecule has 1 aromatic heterocycles. The highest BCUT2D eigenvalue weighted by atomic mass is 32.2. The molecule has 6 heteroatoms. The third-order valence-electron chi connectivity index (χ3n) is 3.43. The first-order chi connectivity index (χ1) is 11.2. The number of amides is 1. The van der Waals surface area contributed by atoms with Crippen LogP contribution in [0.4, 0.5) is 5.13 Å². The first-order valence-corrected chi connectivity index (χ1v) is 9.90. The van der Waals surface area contributed by atoms with E-state index in [1.54, 1.807) is 11.8 Å². The maximum Gasteiger partial charge on any atom is 0.226 e. The Morgan fingerprint density at radius 2 is 1.88 bits per heavy atom. The van der Waals surface area contributed by atoms with Crippen molar-refractivity contribution in [3.8, 4) is 0 Å². The Hall–Kier alpha value is -1.40. The molecule has 0 aliphatic carbocycles. The molecule has 1 N–H and O–H groups in total. The Labute approximate surface area is 152 Å². The minimum atomic E-state index is -0.00420. The van der Waals surface area contributed by atoms with Crippen LogP contribution in [0, 0.1) is 5.92 Å². The van der Waals surface area contributed by atoms with Gasteiger partial charge in [0.2, 0.25) is 11.0 Å². The van der Waals surface area contributed by atoms with Crippen LogP contribution in [-0.4, -0.2) is 16.1 Å². The molecule has 0 bridgehead atoms. The van der Waals surface area contributed by atoms with Crippen molar-refractivity contribution in [2.45, 2.75) is 56.5 Å². The number of benzene rings is 1. The van der Waals surface area contributed by atoms with E-state index in [-0.39, 0.29) is 11.3 Å². The maximum atomic E-state index is 11.7. The van der Waals surface area contributed by atoms with Gasteiger partial charge in [0.05, 0.1) is 0 Å². The summed E-state index contributed by atoms with van der Waals surface area (Å²) in [4.78, 5) is 11.7. The summed E-state index contributed by atoms with van der Waals surface area (Å²) in [5, 5.41) is 11.6. The molecule has 1 aromatic carbocycles. The molecule has 2 aromatic rings. The summed E-state index contributed by atoms with van der Waals surface area (Å²) in [5.74, 6) is 1.18. The zero-order chi connectivity index (χ0) is 17.7. The van der Waals surface area contributed by atoms with Crippen LogP contribution in [-0.2, 0) is 16.0 Å². The topological polar surface area (TPSA) is 54.9 Å². The van der Waals surface area contributed by atoms with E-state index in [9.17, 15) is 4.79 Å². The van der Waals surface area contributed by atoms with Crippen molar-refractivity contribution in [1.82, 2.24) is 10.2 Å². The molecular weight excluding hydrogens is 338 g/mol. The molecule has 2 rings (SSSR count). The summed E-state index contributed by atoms with van der Waals surface area (Å²) >= 11 is 3.07. The standard InChI is InChI=1S/C18H25N3OS2/c1-12(2)10-15(22)19-16-20-21-17(24-16)23-11-13-6-8-14(9-7-13)18(3,4)5/h6-9,12H,10-11H2,1-5H3,(H,19,20,22). The summed E-state index contributed by atoms with van der Waals surface area (Å²) in [7, 11) is 0. The fourth-order valence-corrected chi connectivity index (χ4v) is 3.83. The van der Waals surface area contributed by atoms with Crippen LogP contribution in [0.15, 0.2) is 28.6 Å². The number of carbonyl (C=O) groups is 1. The molecule has 0 saturated carbocycles. The average molecular weight is 364 g/mol. The van der Waals surface area contributed by atoms with E-state index in [1.165, 1.54) is 22.5 Å². The molecule has 130 valence electrons. The number of carbonyl (C=O) groups excluding carboxylic acids is 1. The van der Waals surface area contributed by atoms with Gasteiger partial charge < -0.3 is 5.32 Å². The number of anilines is 1. The van der Waals surface area contributed by atoms with Crippen LogP contribution < -0.4 is 5.32 Å². The highest BCUT2D eigenvalue weighted by molar-refractivity contribution is 8.00. The number of hydrogen-bond acceptors (Lipinski definition) is 5. The third-order valence-corrected chi connectivity index (χ3v) is 5.47. The van der Waals surface area contributed by atoms with E-state index in [2.05, 4.69) is 60.6 Å². The van der Waals surface area contributed by atoms with Crippen molar-refractivity contribution in [3.63, 3.8) is 0 Å². The molecular formula is C18H25N3OS2. The zero-order valence-electron chi connectivity index (χ0n) is 14.9. The van der Waals surface area contributed by atoms with Gasteiger partial charge in [-0.25, -0.2) is 0 Å². The van der Waals surface area contributed by atoms with Crippen molar-refractivity contribution >= 4 is 34.1 Å². The second-order valence-corrected chi connectivity index (χ2v) is 9.45. The first kappa shape index (κ1) is 18.9. The minimum absolute atomic E-state index is 0.00420. The quantitative estimate of drug-likeness (QED) is 0.572. The Morgan fingerprint density at radius 1 is 1.21 bits per heavy atom. The molecule has 0 aliphatic heterocycles. The van der Waals surface area contributed by atoms with Crippen LogP contribution in [0.25, 0.3) is 0 Å². The van der Waals surface area contributed by atoms with Gasteiger partial charge in [-0.3, -0.25) is 4.79 Å². The second kappa shape index (κ2) is 8.12. The fourth-order valence-electron chi connectivity index (χ4n) is 2.11. The summed E-state index contributed by atoms with van der Waals surface area (Å²) in [6, 6.07) is 8.71. The third kappa shape index (κ3) is 5.91. The van der Waals surface area contributed by atoms with E-state index < -0.39 is 0 Å². The minimum Gasteiger partial charge on any atom is -0.300 e. The summed E-state index contributed by atoms with van der Waals surface area (Å²) < 4.78 is 0.870. The van der Waals surface area contributed by atoms with Gasteiger partial charge in [0, 0.05) is 12.2 Å². The van der Waals surface area contributed by atoms with Gasteiger partial charge in [-0.1, -0.05) is 82.0 Å². The maximum absolute atomic E-state index is 11.7. The number of thioether (sulfide) groups is 1. The van der Waals surface area contributed by atoms with Crippen LogP contribution in [0.2, 0.25) is 0 Å². The number of hydrogen-bond donors (Lipinski definition) is 1. The van der Waals surface area contributed by atoms with Gasteiger partial charge in [0.1, 0.15) is 0 Å². The van der Waals surface area contributed by atoms with Gasteiger partial charge in [0.15, 0.2) is 4.34 Å². The van der Waals surface area contributed by atoms with Crippen molar-refractivity contribution in [2.24, 2.45) is 5.92 Å². The molecule has 1 heterocycles. The lowest BCUT2D eigenvalue weighted by atomic mass is 9.87. The van der Waals surface area contributed by atoms with Crippen molar-refractivity contribution < 1.29 is 4.79 Å². The Kier molecular flexibility index (Phi) is 6.40. The van der Waals surface area contributed by atoms with E-state index in [0.717, 1.165) is 10.1 Å². The van der Waals surface area contributed by atoms with E-state index in [0.29, 0.717) is 17.5 Å². The molecule has 1 amide bonds. The van der Waals surface area contributed by atoms with E-state index >= 15 is 0 Å². The van der Waals surface area contributed by atoms with Crippen LogP contribution in [0.3, 0.4) is 0 Å². The zero-order valence-corrected chi connectivity index (χ0v) is 16.6. The van der Waals surface area contributed by atoms with Gasteiger partial charge >= 0.3 is 0 Å². The van der Waals surface area contributed by atoms with Crippen LogP contribution in [0.1, 0.15) is 52.2 Å². The fraction of sp³-hybridized carbons (Fsp3) is 0.500. The van der Waals surface area contributed by atoms with Crippen LogP contribution >= 0.6 is 23.1 Å². The summed E-state index contributed by atoms with van der Waals surface area (Å²) in [6.07, 6.45) is 0.502. The highest BCUT2D eigenvalue weighted by Crippen LogP contribution is 2.29. The lowest BCUT2D eigenvalue weighted by Crippen LogP contribution is -2.13. The molecule has 4 nitrogen and oxygen atoms in total. The van der Waals surface area contributed by atoms with Crippen molar-refractivity contribution in [3.05, 3.63) is 35.4 Å².